The van der Waals surface area contributed by atoms with E-state index < -0.39 is 12.1 Å². The highest BCUT2D eigenvalue weighted by atomic mass is 19.4. The Kier molecular flexibility index (Phi) is 4.99. The standard InChI is InChI=1S/C17H14F3NO/c18-17(19,20)16(22)21-15-11-9-14(10-12-15)8-4-7-13-5-2-1-3-6-13/h1-7,9-12H,8H2,(H,21,22)/b7-4+. The van der Waals surface area contributed by atoms with Crippen LogP contribution in [-0.4, -0.2) is 12.1 Å². The summed E-state index contributed by atoms with van der Waals surface area (Å²) >= 11 is 0. The fourth-order valence-electron chi connectivity index (χ4n) is 1.82. The molecule has 0 aromatic heterocycles. The number of nitrogens with one attached hydrogen (secondary N) is 1. The van der Waals surface area contributed by atoms with Crippen LogP contribution in [-0.2, 0) is 11.2 Å². The highest BCUT2D eigenvalue weighted by molar-refractivity contribution is 5.94. The summed E-state index contributed by atoms with van der Waals surface area (Å²) in [4.78, 5) is 10.8. The van der Waals surface area contributed by atoms with Crippen molar-refractivity contribution in [3.05, 3.63) is 71.8 Å². The lowest BCUT2D eigenvalue weighted by Crippen LogP contribution is -2.29. The minimum Gasteiger partial charge on any atom is -0.318 e. The van der Waals surface area contributed by atoms with Gasteiger partial charge in [0.15, 0.2) is 0 Å². The van der Waals surface area contributed by atoms with Gasteiger partial charge in [-0.1, -0.05) is 54.6 Å². The van der Waals surface area contributed by atoms with E-state index in [9.17, 15) is 18.0 Å². The van der Waals surface area contributed by atoms with E-state index in [-0.39, 0.29) is 5.69 Å². The van der Waals surface area contributed by atoms with Crippen LogP contribution in [0.3, 0.4) is 0 Å². The summed E-state index contributed by atoms with van der Waals surface area (Å²) in [5.74, 6) is -1.97. The summed E-state index contributed by atoms with van der Waals surface area (Å²) in [7, 11) is 0. The van der Waals surface area contributed by atoms with E-state index in [1.54, 1.807) is 12.1 Å². The first-order valence-corrected chi connectivity index (χ1v) is 6.64. The summed E-state index contributed by atoms with van der Waals surface area (Å²) in [6.45, 7) is 0. The molecule has 0 heterocycles. The zero-order chi connectivity index (χ0) is 16.0. The molecule has 0 atom stereocenters. The zero-order valence-electron chi connectivity index (χ0n) is 11.6. The molecule has 2 rings (SSSR count). The number of hydrogen-bond acceptors (Lipinski definition) is 1. The van der Waals surface area contributed by atoms with Gasteiger partial charge in [0, 0.05) is 5.69 Å². The summed E-state index contributed by atoms with van der Waals surface area (Å²) in [6.07, 6.45) is -0.280. The Morgan fingerprint density at radius 3 is 2.23 bits per heavy atom. The topological polar surface area (TPSA) is 29.1 Å². The second kappa shape index (κ2) is 6.93. The number of hydrogen-bond donors (Lipinski definition) is 1. The van der Waals surface area contributed by atoms with Gasteiger partial charge in [0.05, 0.1) is 0 Å². The molecule has 0 radical (unpaired) electrons. The molecule has 0 bridgehead atoms. The maximum Gasteiger partial charge on any atom is 0.471 e. The highest BCUT2D eigenvalue weighted by Gasteiger charge is 2.38. The SMILES string of the molecule is O=C(Nc1ccc(C/C=C/c2ccccc2)cc1)C(F)(F)F. The van der Waals surface area contributed by atoms with E-state index >= 15 is 0 Å². The highest BCUT2D eigenvalue weighted by Crippen LogP contribution is 2.18. The van der Waals surface area contributed by atoms with E-state index in [0.29, 0.717) is 6.42 Å². The number of carbonyl (C=O) groups excluding carboxylic acids is 1. The Morgan fingerprint density at radius 2 is 1.64 bits per heavy atom. The summed E-state index contributed by atoms with van der Waals surface area (Å²) in [5.41, 5.74) is 2.15. The average molecular weight is 305 g/mol. The number of rotatable bonds is 4. The van der Waals surface area contributed by atoms with Gasteiger partial charge in [-0.05, 0) is 29.7 Å². The largest absolute Gasteiger partial charge is 0.471 e. The van der Waals surface area contributed by atoms with Crippen molar-refractivity contribution >= 4 is 17.7 Å². The van der Waals surface area contributed by atoms with Crippen molar-refractivity contribution in [3.63, 3.8) is 0 Å². The van der Waals surface area contributed by atoms with Crippen LogP contribution < -0.4 is 5.32 Å². The van der Waals surface area contributed by atoms with Crippen LogP contribution in [0.25, 0.3) is 6.08 Å². The lowest BCUT2D eigenvalue weighted by atomic mass is 10.1. The molecule has 0 aliphatic carbocycles. The number of halogens is 3. The van der Waals surface area contributed by atoms with Crippen LogP contribution >= 0.6 is 0 Å². The van der Waals surface area contributed by atoms with Gasteiger partial charge in [-0.25, -0.2) is 0 Å². The molecule has 2 aromatic carbocycles. The molecule has 5 heteroatoms. The van der Waals surface area contributed by atoms with Crippen molar-refractivity contribution in [3.8, 4) is 0 Å². The number of alkyl halides is 3. The van der Waals surface area contributed by atoms with E-state index in [4.69, 9.17) is 0 Å². The Bertz CT molecular complexity index is 646. The zero-order valence-corrected chi connectivity index (χ0v) is 11.6. The molecular weight excluding hydrogens is 291 g/mol. The third-order valence-electron chi connectivity index (χ3n) is 2.93. The molecule has 1 amide bonds. The van der Waals surface area contributed by atoms with E-state index in [1.165, 1.54) is 12.1 Å². The minimum atomic E-state index is -4.88. The van der Waals surface area contributed by atoms with E-state index in [0.717, 1.165) is 11.1 Å². The fraction of sp³-hybridized carbons (Fsp3) is 0.118. The van der Waals surface area contributed by atoms with Gasteiger partial charge in [0.1, 0.15) is 0 Å². The van der Waals surface area contributed by atoms with Crippen molar-refractivity contribution in [2.24, 2.45) is 0 Å². The van der Waals surface area contributed by atoms with Crippen LogP contribution in [0.5, 0.6) is 0 Å². The van der Waals surface area contributed by atoms with Crippen LogP contribution in [0.2, 0.25) is 0 Å². The van der Waals surface area contributed by atoms with Crippen molar-refractivity contribution < 1.29 is 18.0 Å². The normalized spacial score (nSPS) is 11.6. The Morgan fingerprint density at radius 1 is 1.00 bits per heavy atom. The number of allylic oxidation sites excluding steroid dienone is 1. The Labute approximate surface area is 126 Å². The first-order chi connectivity index (χ1) is 10.4. The summed E-state index contributed by atoms with van der Waals surface area (Å²) in [6, 6.07) is 16.0. The van der Waals surface area contributed by atoms with Gasteiger partial charge in [-0.2, -0.15) is 13.2 Å². The van der Waals surface area contributed by atoms with Gasteiger partial charge in [0.25, 0.3) is 0 Å². The van der Waals surface area contributed by atoms with Gasteiger partial charge < -0.3 is 5.32 Å². The monoisotopic (exact) mass is 305 g/mol. The molecule has 0 saturated heterocycles. The minimum absolute atomic E-state index is 0.123. The number of benzene rings is 2. The molecule has 0 aliphatic heterocycles. The second-order valence-corrected chi connectivity index (χ2v) is 4.67. The van der Waals surface area contributed by atoms with Gasteiger partial charge in [0.2, 0.25) is 0 Å². The van der Waals surface area contributed by atoms with Gasteiger partial charge >= 0.3 is 12.1 Å². The quantitative estimate of drug-likeness (QED) is 0.888. The fourth-order valence-corrected chi connectivity index (χ4v) is 1.82. The van der Waals surface area contributed by atoms with Crippen molar-refractivity contribution in [1.29, 1.82) is 0 Å². The van der Waals surface area contributed by atoms with Crippen LogP contribution in [0, 0.1) is 0 Å². The third kappa shape index (κ3) is 4.77. The molecule has 2 nitrogen and oxygen atoms in total. The Hall–Kier alpha value is -2.56. The molecular formula is C17H14F3NO. The molecule has 0 fully saturated rings. The predicted octanol–water partition coefficient (Wildman–Crippen LogP) is 4.44. The Balaban J connectivity index is 1.92. The second-order valence-electron chi connectivity index (χ2n) is 4.67. The van der Waals surface area contributed by atoms with Gasteiger partial charge in [-0.3, -0.25) is 4.79 Å². The first-order valence-electron chi connectivity index (χ1n) is 6.64. The molecule has 22 heavy (non-hydrogen) atoms. The molecule has 2 aromatic rings. The van der Waals surface area contributed by atoms with E-state index in [2.05, 4.69) is 0 Å². The number of amides is 1. The molecule has 114 valence electrons. The van der Waals surface area contributed by atoms with Crippen LogP contribution in [0.4, 0.5) is 18.9 Å². The smallest absolute Gasteiger partial charge is 0.318 e. The molecule has 0 unspecified atom stereocenters. The maximum absolute atomic E-state index is 12.1. The summed E-state index contributed by atoms with van der Waals surface area (Å²) < 4.78 is 36.4. The molecule has 0 aliphatic rings. The van der Waals surface area contributed by atoms with Crippen molar-refractivity contribution in [1.82, 2.24) is 0 Å². The lowest BCUT2D eigenvalue weighted by molar-refractivity contribution is -0.167. The number of anilines is 1. The van der Waals surface area contributed by atoms with Crippen molar-refractivity contribution in [2.45, 2.75) is 12.6 Å². The molecule has 1 N–H and O–H groups in total. The van der Waals surface area contributed by atoms with E-state index in [1.807, 2.05) is 47.8 Å². The van der Waals surface area contributed by atoms with Gasteiger partial charge in [-0.15, -0.1) is 0 Å². The molecule has 0 saturated carbocycles. The lowest BCUT2D eigenvalue weighted by Gasteiger charge is -2.08. The van der Waals surface area contributed by atoms with Crippen molar-refractivity contribution in [2.75, 3.05) is 5.32 Å². The predicted molar refractivity (Wildman–Crippen MR) is 80.3 cm³/mol. The average Bonchev–Trinajstić information content (AvgIpc) is 2.49. The molecule has 0 spiro atoms. The van der Waals surface area contributed by atoms with Crippen LogP contribution in [0.15, 0.2) is 60.7 Å². The van der Waals surface area contributed by atoms with Crippen LogP contribution in [0.1, 0.15) is 11.1 Å². The summed E-state index contributed by atoms with van der Waals surface area (Å²) in [5, 5.41) is 1.81. The maximum atomic E-state index is 12.1. The first kappa shape index (κ1) is 15.8. The third-order valence-corrected chi connectivity index (χ3v) is 2.93. The number of carbonyl (C=O) groups is 1.